The molecule has 1 atom stereocenters. The van der Waals surface area contributed by atoms with Crippen LogP contribution in [-0.2, 0) is 16.0 Å². The van der Waals surface area contributed by atoms with Gasteiger partial charge in [0, 0.05) is 12.5 Å². The number of aliphatic imine (C=N–C) groups is 1. The van der Waals surface area contributed by atoms with Gasteiger partial charge in [-0.15, -0.1) is 0 Å². The number of aliphatic carboxylic acids is 1. The van der Waals surface area contributed by atoms with Crippen molar-refractivity contribution in [3.8, 4) is 0 Å². The Hall–Kier alpha value is -2.80. The number of thioether (sulfide) groups is 1. The van der Waals surface area contributed by atoms with Gasteiger partial charge in [-0.25, -0.2) is 9.79 Å². The van der Waals surface area contributed by atoms with Gasteiger partial charge in [-0.2, -0.15) is 0 Å². The first-order valence-corrected chi connectivity index (χ1v) is 8.94. The van der Waals surface area contributed by atoms with Gasteiger partial charge >= 0.3 is 5.97 Å². The molecule has 1 aliphatic rings. The average Bonchev–Trinajstić information content (AvgIpc) is 3.20. The number of carboxylic acids is 1. The summed E-state index contributed by atoms with van der Waals surface area (Å²) in [7, 11) is 0. The number of carboxylic acid groups (broad SMARTS) is 1. The molecule has 2 N–H and O–H groups in total. The van der Waals surface area contributed by atoms with Gasteiger partial charge in [-0.3, -0.25) is 4.79 Å². The minimum atomic E-state index is -1.08. The van der Waals surface area contributed by atoms with Crippen LogP contribution in [0.25, 0.3) is 6.08 Å². The fourth-order valence-electron chi connectivity index (χ4n) is 2.42. The highest BCUT2D eigenvalue weighted by molar-refractivity contribution is 8.18. The Morgan fingerprint density at radius 1 is 1.31 bits per heavy atom. The van der Waals surface area contributed by atoms with E-state index in [0.717, 1.165) is 29.5 Å². The zero-order chi connectivity index (χ0) is 18.7. The number of hydrogen-bond acceptors (Lipinski definition) is 5. The summed E-state index contributed by atoms with van der Waals surface area (Å²) in [5.41, 5.74) is 1.59. The average molecular weight is 370 g/mol. The van der Waals surface area contributed by atoms with Crippen LogP contribution in [0.5, 0.6) is 0 Å². The number of amides is 1. The van der Waals surface area contributed by atoms with Crippen molar-refractivity contribution in [2.45, 2.75) is 26.3 Å². The molecule has 1 unspecified atom stereocenters. The molecule has 2 heterocycles. The molecule has 1 aliphatic heterocycles. The monoisotopic (exact) mass is 370 g/mol. The second-order valence-corrected chi connectivity index (χ2v) is 6.84. The van der Waals surface area contributed by atoms with Crippen molar-refractivity contribution in [1.29, 1.82) is 0 Å². The zero-order valence-corrected chi connectivity index (χ0v) is 15.2. The highest BCUT2D eigenvalue weighted by atomic mass is 32.2. The van der Waals surface area contributed by atoms with Crippen molar-refractivity contribution >= 4 is 34.9 Å². The fourth-order valence-corrected chi connectivity index (χ4v) is 3.25. The lowest BCUT2D eigenvalue weighted by atomic mass is 10.1. The van der Waals surface area contributed by atoms with Crippen molar-refractivity contribution in [2.75, 3.05) is 0 Å². The normalized spacial score (nSPS) is 18.3. The molecule has 2 aromatic rings. The maximum atomic E-state index is 12.1. The van der Waals surface area contributed by atoms with Gasteiger partial charge in [0.25, 0.3) is 5.91 Å². The molecule has 0 aliphatic carbocycles. The molecule has 6 nitrogen and oxygen atoms in total. The summed E-state index contributed by atoms with van der Waals surface area (Å²) < 4.78 is 5.57. The molecule has 7 heteroatoms. The van der Waals surface area contributed by atoms with Gasteiger partial charge in [-0.1, -0.05) is 36.8 Å². The smallest absolute Gasteiger partial charge is 0.333 e. The third-order valence-electron chi connectivity index (χ3n) is 3.83. The Labute approximate surface area is 155 Å². The summed E-state index contributed by atoms with van der Waals surface area (Å²) in [6.07, 6.45) is 2.40. The maximum Gasteiger partial charge on any atom is 0.333 e. The summed E-state index contributed by atoms with van der Waals surface area (Å²) >= 11 is 1.10. The van der Waals surface area contributed by atoms with Crippen LogP contribution >= 0.6 is 11.8 Å². The Morgan fingerprint density at radius 3 is 2.65 bits per heavy atom. The van der Waals surface area contributed by atoms with Gasteiger partial charge in [0.2, 0.25) is 0 Å². The maximum absolute atomic E-state index is 12.1. The lowest BCUT2D eigenvalue weighted by Gasteiger charge is -2.09. The number of benzene rings is 1. The lowest BCUT2D eigenvalue weighted by molar-refractivity contribution is -0.138. The third kappa shape index (κ3) is 4.05. The van der Waals surface area contributed by atoms with Crippen molar-refractivity contribution in [1.82, 2.24) is 5.32 Å². The molecule has 1 fully saturated rings. The molecule has 0 radical (unpaired) electrons. The molecule has 26 heavy (non-hydrogen) atoms. The number of carbonyl (C=O) groups excluding carboxylic acids is 1. The van der Waals surface area contributed by atoms with Crippen LogP contribution in [-0.4, -0.2) is 22.2 Å². The molecule has 1 amide bonds. The summed E-state index contributed by atoms with van der Waals surface area (Å²) in [4.78, 5) is 28.4. The number of nitrogens with zero attached hydrogens (tertiary/aromatic N) is 1. The largest absolute Gasteiger partial charge is 0.479 e. The number of hydrogen-bond donors (Lipinski definition) is 2. The molecule has 0 saturated carbocycles. The van der Waals surface area contributed by atoms with Crippen LogP contribution in [0.15, 0.2) is 50.7 Å². The highest BCUT2D eigenvalue weighted by Gasteiger charge is 2.27. The topological polar surface area (TPSA) is 91.9 Å². The molecular weight excluding hydrogens is 352 g/mol. The van der Waals surface area contributed by atoms with Crippen molar-refractivity contribution in [3.63, 3.8) is 0 Å². The van der Waals surface area contributed by atoms with E-state index in [2.05, 4.69) is 10.3 Å². The SMILES string of the molecule is CCc1ccc(/C=C2\SC(=NC(C(=O)O)c3ccc(C)cc3)NC2=O)o1. The Morgan fingerprint density at radius 2 is 2.04 bits per heavy atom. The standard InChI is InChI=1S/C19H18N2O4S/c1-3-13-8-9-14(25-13)10-15-17(22)21-19(26-15)20-16(18(23)24)12-6-4-11(2)5-7-12/h4-10,16H,3H2,1-2H3,(H,23,24)(H,20,21,22)/b15-10-. The number of aryl methyl sites for hydroxylation is 2. The van der Waals surface area contributed by atoms with Gasteiger partial charge in [-0.05, 0) is 36.4 Å². The van der Waals surface area contributed by atoms with Crippen molar-refractivity contribution in [3.05, 3.63) is 64.0 Å². The van der Waals surface area contributed by atoms with Crippen LogP contribution in [0.1, 0.15) is 35.6 Å². The Bertz CT molecular complexity index is 897. The van der Waals surface area contributed by atoms with E-state index in [0.29, 0.717) is 16.2 Å². The molecular formula is C19H18N2O4S. The van der Waals surface area contributed by atoms with Crippen LogP contribution in [0.2, 0.25) is 0 Å². The lowest BCUT2D eigenvalue weighted by Crippen LogP contribution is -2.22. The van der Waals surface area contributed by atoms with Crippen molar-refractivity contribution < 1.29 is 19.1 Å². The molecule has 1 aromatic carbocycles. The van der Waals surface area contributed by atoms with Crippen LogP contribution in [0.3, 0.4) is 0 Å². The predicted molar refractivity (Wildman–Crippen MR) is 101 cm³/mol. The third-order valence-corrected chi connectivity index (χ3v) is 4.75. The second kappa shape index (κ2) is 7.61. The Balaban J connectivity index is 1.83. The minimum Gasteiger partial charge on any atom is -0.479 e. The number of rotatable bonds is 5. The zero-order valence-electron chi connectivity index (χ0n) is 14.4. The van der Waals surface area contributed by atoms with E-state index in [1.54, 1.807) is 24.3 Å². The Kier molecular flexibility index (Phi) is 5.27. The first-order valence-electron chi connectivity index (χ1n) is 8.13. The van der Waals surface area contributed by atoms with Crippen molar-refractivity contribution in [2.24, 2.45) is 4.99 Å². The van der Waals surface area contributed by atoms with E-state index in [9.17, 15) is 14.7 Å². The first-order chi connectivity index (χ1) is 12.5. The van der Waals surface area contributed by atoms with Gasteiger partial charge in [0.15, 0.2) is 11.2 Å². The summed E-state index contributed by atoms with van der Waals surface area (Å²) in [5, 5.41) is 12.4. The second-order valence-electron chi connectivity index (χ2n) is 5.81. The van der Waals surface area contributed by atoms with E-state index in [4.69, 9.17) is 4.42 Å². The van der Waals surface area contributed by atoms with Crippen LogP contribution < -0.4 is 5.32 Å². The summed E-state index contributed by atoms with van der Waals surface area (Å²) in [6.45, 7) is 3.91. The molecule has 1 saturated heterocycles. The number of carbonyl (C=O) groups is 2. The van der Waals surface area contributed by atoms with Gasteiger partial charge in [0.1, 0.15) is 11.5 Å². The molecule has 3 rings (SSSR count). The molecule has 134 valence electrons. The first kappa shape index (κ1) is 18.0. The highest BCUT2D eigenvalue weighted by Crippen LogP contribution is 2.29. The number of amidine groups is 1. The summed E-state index contributed by atoms with van der Waals surface area (Å²) in [5.74, 6) is 0.0111. The number of nitrogens with one attached hydrogen (secondary N) is 1. The van der Waals surface area contributed by atoms with E-state index in [1.165, 1.54) is 0 Å². The van der Waals surface area contributed by atoms with Gasteiger partial charge < -0.3 is 14.8 Å². The molecule has 1 aromatic heterocycles. The van der Waals surface area contributed by atoms with E-state index >= 15 is 0 Å². The van der Waals surface area contributed by atoms with E-state index < -0.39 is 12.0 Å². The minimum absolute atomic E-state index is 0.261. The fraction of sp³-hybridized carbons (Fsp3) is 0.211. The van der Waals surface area contributed by atoms with E-state index in [1.807, 2.05) is 32.0 Å². The quantitative estimate of drug-likeness (QED) is 0.786. The summed E-state index contributed by atoms with van der Waals surface area (Å²) in [6, 6.07) is 9.70. The molecule has 0 bridgehead atoms. The van der Waals surface area contributed by atoms with E-state index in [-0.39, 0.29) is 11.1 Å². The molecule has 0 spiro atoms. The van der Waals surface area contributed by atoms with Crippen LogP contribution in [0, 0.1) is 6.92 Å². The number of furan rings is 1. The van der Waals surface area contributed by atoms with Gasteiger partial charge in [0.05, 0.1) is 4.91 Å². The van der Waals surface area contributed by atoms with Crippen LogP contribution in [0.4, 0.5) is 0 Å². The predicted octanol–water partition coefficient (Wildman–Crippen LogP) is 3.54.